The minimum atomic E-state index is 0.0210. The Labute approximate surface area is 148 Å². The first-order chi connectivity index (χ1) is 11.6. The molecule has 24 heavy (non-hydrogen) atoms. The van der Waals surface area contributed by atoms with Gasteiger partial charge in [0.1, 0.15) is 5.75 Å². The maximum Gasteiger partial charge on any atom is 0.232 e. The van der Waals surface area contributed by atoms with Gasteiger partial charge in [0.15, 0.2) is 0 Å². The van der Waals surface area contributed by atoms with Gasteiger partial charge in [-0.3, -0.25) is 9.59 Å². The van der Waals surface area contributed by atoms with Gasteiger partial charge in [0.05, 0.1) is 19.3 Å². The molecule has 1 saturated heterocycles. The van der Waals surface area contributed by atoms with Gasteiger partial charge >= 0.3 is 0 Å². The van der Waals surface area contributed by atoms with Crippen molar-refractivity contribution < 1.29 is 14.3 Å². The maximum atomic E-state index is 12.1. The summed E-state index contributed by atoms with van der Waals surface area (Å²) in [4.78, 5) is 26.0. The molecule has 0 aliphatic carbocycles. The minimum Gasteiger partial charge on any atom is -0.497 e. The standard InChI is InChI=1S/C18H26N2O3S/c1-23-16-7-5-14(6-8-16)10-17(21)19-11-15-4-3-9-20(12-15)18(22)13-24-2/h5-8,15H,3-4,9-13H2,1-2H3,(H,19,21). The van der Waals surface area contributed by atoms with Crippen LogP contribution in [0, 0.1) is 5.92 Å². The van der Waals surface area contributed by atoms with Crippen molar-refractivity contribution in [2.24, 2.45) is 5.92 Å². The van der Waals surface area contributed by atoms with Crippen molar-refractivity contribution >= 4 is 23.6 Å². The zero-order valence-electron chi connectivity index (χ0n) is 14.4. The number of benzene rings is 1. The molecular weight excluding hydrogens is 324 g/mol. The third-order valence-corrected chi connectivity index (χ3v) is 4.79. The summed E-state index contributed by atoms with van der Waals surface area (Å²) in [5.74, 6) is 1.90. The third kappa shape index (κ3) is 5.74. The quantitative estimate of drug-likeness (QED) is 0.817. The van der Waals surface area contributed by atoms with Crippen LogP contribution in [0.2, 0.25) is 0 Å². The molecule has 1 aromatic rings. The van der Waals surface area contributed by atoms with Crippen LogP contribution in [-0.2, 0) is 16.0 Å². The number of piperidine rings is 1. The Morgan fingerprint density at radius 1 is 1.33 bits per heavy atom. The van der Waals surface area contributed by atoms with Crippen molar-refractivity contribution in [3.8, 4) is 5.75 Å². The highest BCUT2D eigenvalue weighted by atomic mass is 32.2. The number of hydrogen-bond donors (Lipinski definition) is 1. The predicted octanol–water partition coefficient (Wildman–Crippen LogP) is 1.96. The number of amides is 2. The van der Waals surface area contributed by atoms with Crippen LogP contribution in [0.3, 0.4) is 0 Å². The number of methoxy groups -OCH3 is 1. The molecule has 1 aliphatic rings. The lowest BCUT2D eigenvalue weighted by Gasteiger charge is -2.32. The molecule has 0 spiro atoms. The molecular formula is C18H26N2O3S. The number of nitrogens with zero attached hydrogens (tertiary/aromatic N) is 1. The van der Waals surface area contributed by atoms with Crippen molar-refractivity contribution in [3.63, 3.8) is 0 Å². The van der Waals surface area contributed by atoms with E-state index in [0.717, 1.165) is 37.2 Å². The fraction of sp³-hybridized carbons (Fsp3) is 0.556. The van der Waals surface area contributed by atoms with E-state index >= 15 is 0 Å². The molecule has 1 fully saturated rings. The third-order valence-electron chi connectivity index (χ3n) is 4.25. The summed E-state index contributed by atoms with van der Waals surface area (Å²) in [6, 6.07) is 7.53. The molecule has 1 N–H and O–H groups in total. The molecule has 0 radical (unpaired) electrons. The zero-order chi connectivity index (χ0) is 17.4. The second kappa shape index (κ2) is 9.57. The second-order valence-corrected chi connectivity index (χ2v) is 6.98. The van der Waals surface area contributed by atoms with Gasteiger partial charge in [-0.25, -0.2) is 0 Å². The molecule has 6 heteroatoms. The number of carbonyl (C=O) groups is 2. The summed E-state index contributed by atoms with van der Waals surface area (Å²) in [6.45, 7) is 2.23. The van der Waals surface area contributed by atoms with Crippen LogP contribution >= 0.6 is 11.8 Å². The van der Waals surface area contributed by atoms with Crippen LogP contribution in [0.15, 0.2) is 24.3 Å². The van der Waals surface area contributed by atoms with Gasteiger partial charge in [0.2, 0.25) is 11.8 Å². The molecule has 1 aromatic carbocycles. The molecule has 5 nitrogen and oxygen atoms in total. The van der Waals surface area contributed by atoms with Gasteiger partial charge in [0, 0.05) is 19.6 Å². The average Bonchev–Trinajstić information content (AvgIpc) is 2.61. The van der Waals surface area contributed by atoms with E-state index in [1.165, 1.54) is 0 Å². The SMILES string of the molecule is COc1ccc(CC(=O)NCC2CCCN(C(=O)CSC)C2)cc1. The van der Waals surface area contributed by atoms with Crippen molar-refractivity contribution in [2.45, 2.75) is 19.3 Å². The second-order valence-electron chi connectivity index (χ2n) is 6.11. The Morgan fingerprint density at radius 3 is 2.75 bits per heavy atom. The summed E-state index contributed by atoms with van der Waals surface area (Å²) in [5.41, 5.74) is 0.966. The van der Waals surface area contributed by atoms with E-state index in [1.54, 1.807) is 18.9 Å². The lowest BCUT2D eigenvalue weighted by atomic mass is 9.98. The Morgan fingerprint density at radius 2 is 2.08 bits per heavy atom. The van der Waals surface area contributed by atoms with Crippen molar-refractivity contribution in [1.29, 1.82) is 0 Å². The number of nitrogens with one attached hydrogen (secondary N) is 1. The Bertz CT molecular complexity index is 548. The van der Waals surface area contributed by atoms with Crippen LogP contribution < -0.4 is 10.1 Å². The zero-order valence-corrected chi connectivity index (χ0v) is 15.2. The molecule has 2 amide bonds. The fourth-order valence-electron chi connectivity index (χ4n) is 2.92. The normalized spacial score (nSPS) is 17.4. The lowest BCUT2D eigenvalue weighted by Crippen LogP contribution is -2.44. The number of rotatable bonds is 7. The lowest BCUT2D eigenvalue weighted by molar-refractivity contribution is -0.130. The first-order valence-corrected chi connectivity index (χ1v) is 9.68. The molecule has 0 bridgehead atoms. The summed E-state index contributed by atoms with van der Waals surface area (Å²) >= 11 is 1.56. The number of hydrogen-bond acceptors (Lipinski definition) is 4. The van der Waals surface area contributed by atoms with E-state index in [-0.39, 0.29) is 11.8 Å². The van der Waals surface area contributed by atoms with Crippen LogP contribution in [0.1, 0.15) is 18.4 Å². The van der Waals surface area contributed by atoms with Gasteiger partial charge in [-0.2, -0.15) is 11.8 Å². The molecule has 0 aromatic heterocycles. The van der Waals surface area contributed by atoms with Crippen LogP contribution in [-0.4, -0.2) is 55.5 Å². The molecule has 1 atom stereocenters. The molecule has 0 saturated carbocycles. The van der Waals surface area contributed by atoms with Crippen molar-refractivity contribution in [1.82, 2.24) is 10.2 Å². The highest BCUT2D eigenvalue weighted by Gasteiger charge is 2.23. The van der Waals surface area contributed by atoms with Crippen LogP contribution in [0.4, 0.5) is 0 Å². The molecule has 132 valence electrons. The van der Waals surface area contributed by atoms with Gasteiger partial charge in [-0.05, 0) is 42.7 Å². The van der Waals surface area contributed by atoms with Gasteiger partial charge < -0.3 is 15.0 Å². The Kier molecular flexibility index (Phi) is 7.43. The molecule has 1 aliphatic heterocycles. The predicted molar refractivity (Wildman–Crippen MR) is 97.4 cm³/mol. The fourth-order valence-corrected chi connectivity index (χ4v) is 3.35. The largest absolute Gasteiger partial charge is 0.497 e. The van der Waals surface area contributed by atoms with E-state index in [0.29, 0.717) is 24.6 Å². The Hall–Kier alpha value is -1.69. The van der Waals surface area contributed by atoms with Gasteiger partial charge in [-0.15, -0.1) is 0 Å². The van der Waals surface area contributed by atoms with E-state index in [2.05, 4.69) is 5.32 Å². The molecule has 1 unspecified atom stereocenters. The number of ether oxygens (including phenoxy) is 1. The molecule has 2 rings (SSSR count). The van der Waals surface area contributed by atoms with E-state index < -0.39 is 0 Å². The topological polar surface area (TPSA) is 58.6 Å². The summed E-state index contributed by atoms with van der Waals surface area (Å²) in [6.07, 6.45) is 4.38. The maximum absolute atomic E-state index is 12.1. The summed E-state index contributed by atoms with van der Waals surface area (Å²) in [5, 5.41) is 3.01. The Balaban J connectivity index is 1.75. The van der Waals surface area contributed by atoms with Crippen molar-refractivity contribution in [3.05, 3.63) is 29.8 Å². The van der Waals surface area contributed by atoms with Crippen molar-refractivity contribution in [2.75, 3.05) is 38.8 Å². The van der Waals surface area contributed by atoms with Crippen LogP contribution in [0.25, 0.3) is 0 Å². The van der Waals surface area contributed by atoms with E-state index in [4.69, 9.17) is 4.74 Å². The number of likely N-dealkylation sites (tertiary alicyclic amines) is 1. The van der Waals surface area contributed by atoms with Gasteiger partial charge in [-0.1, -0.05) is 12.1 Å². The minimum absolute atomic E-state index is 0.0210. The number of carbonyl (C=O) groups excluding carboxylic acids is 2. The van der Waals surface area contributed by atoms with Crippen LogP contribution in [0.5, 0.6) is 5.75 Å². The molecule has 1 heterocycles. The van der Waals surface area contributed by atoms with Gasteiger partial charge in [0.25, 0.3) is 0 Å². The smallest absolute Gasteiger partial charge is 0.232 e. The average molecular weight is 350 g/mol. The monoisotopic (exact) mass is 350 g/mol. The first kappa shape index (κ1) is 18.6. The first-order valence-electron chi connectivity index (χ1n) is 8.28. The summed E-state index contributed by atoms with van der Waals surface area (Å²) < 4.78 is 5.11. The summed E-state index contributed by atoms with van der Waals surface area (Å²) in [7, 11) is 1.62. The van der Waals surface area contributed by atoms with E-state index in [1.807, 2.05) is 35.4 Å². The number of thioether (sulfide) groups is 1. The highest BCUT2D eigenvalue weighted by Crippen LogP contribution is 2.17. The van der Waals surface area contributed by atoms with E-state index in [9.17, 15) is 9.59 Å². The highest BCUT2D eigenvalue weighted by molar-refractivity contribution is 7.99.